The van der Waals surface area contributed by atoms with Gasteiger partial charge in [-0.15, -0.1) is 0 Å². The Morgan fingerprint density at radius 3 is 2.24 bits per heavy atom. The van der Waals surface area contributed by atoms with Gasteiger partial charge < -0.3 is 15.1 Å². The highest BCUT2D eigenvalue weighted by molar-refractivity contribution is 6.00. The van der Waals surface area contributed by atoms with Crippen molar-refractivity contribution in [1.82, 2.24) is 24.9 Å². The van der Waals surface area contributed by atoms with Crippen molar-refractivity contribution >= 4 is 17.7 Å². The monoisotopic (exact) mass is 459 g/mol. The molecule has 1 saturated heterocycles. The van der Waals surface area contributed by atoms with Gasteiger partial charge in [0.2, 0.25) is 11.8 Å². The maximum Gasteiger partial charge on any atom is 0.255 e. The molecule has 1 fully saturated rings. The fraction of sp³-hybridized carbons (Fsp3) is 0.308. The lowest BCUT2D eigenvalue weighted by molar-refractivity contribution is -0.138. The number of carbonyl (C=O) groups excluding carboxylic acids is 3. The summed E-state index contributed by atoms with van der Waals surface area (Å²) in [6, 6.07) is 17.5. The van der Waals surface area contributed by atoms with Crippen LogP contribution in [0.3, 0.4) is 0 Å². The number of para-hydroxylation sites is 1. The Hall–Kier alpha value is -3.94. The summed E-state index contributed by atoms with van der Waals surface area (Å²) in [5.41, 5.74) is 3.83. The zero-order chi connectivity index (χ0) is 24.1. The molecule has 0 aliphatic carbocycles. The highest BCUT2D eigenvalue weighted by Gasteiger charge is 2.23. The molecule has 0 saturated carbocycles. The van der Waals surface area contributed by atoms with Gasteiger partial charge in [0, 0.05) is 57.8 Å². The number of aromatic nitrogens is 2. The van der Waals surface area contributed by atoms with Crippen LogP contribution in [-0.2, 0) is 9.59 Å². The van der Waals surface area contributed by atoms with E-state index in [9.17, 15) is 14.4 Å². The van der Waals surface area contributed by atoms with Crippen LogP contribution in [0, 0.1) is 6.92 Å². The maximum absolute atomic E-state index is 13.1. The van der Waals surface area contributed by atoms with Crippen LogP contribution in [0.25, 0.3) is 16.9 Å². The van der Waals surface area contributed by atoms with Gasteiger partial charge in [-0.3, -0.25) is 14.4 Å². The first kappa shape index (κ1) is 23.2. The summed E-state index contributed by atoms with van der Waals surface area (Å²) < 4.78 is 1.70. The first-order chi connectivity index (χ1) is 16.4. The number of carbonyl (C=O) groups is 3. The van der Waals surface area contributed by atoms with Crippen LogP contribution >= 0.6 is 0 Å². The predicted molar refractivity (Wildman–Crippen MR) is 130 cm³/mol. The lowest BCUT2D eigenvalue weighted by Crippen LogP contribution is -2.50. The van der Waals surface area contributed by atoms with Crippen LogP contribution in [0.1, 0.15) is 29.3 Å². The van der Waals surface area contributed by atoms with E-state index < -0.39 is 0 Å². The van der Waals surface area contributed by atoms with Crippen molar-refractivity contribution in [3.63, 3.8) is 0 Å². The van der Waals surface area contributed by atoms with Crippen molar-refractivity contribution < 1.29 is 14.4 Å². The molecule has 0 radical (unpaired) electrons. The van der Waals surface area contributed by atoms with Gasteiger partial charge in [0.05, 0.1) is 11.3 Å². The second-order valence-corrected chi connectivity index (χ2v) is 8.38. The van der Waals surface area contributed by atoms with E-state index in [-0.39, 0.29) is 30.7 Å². The van der Waals surface area contributed by atoms with E-state index in [0.717, 1.165) is 16.8 Å². The molecule has 0 atom stereocenters. The number of nitrogens with zero attached hydrogens (tertiary/aromatic N) is 4. The van der Waals surface area contributed by atoms with Crippen LogP contribution in [0.15, 0.2) is 60.8 Å². The average molecular weight is 460 g/mol. The molecule has 1 N–H and O–H groups in total. The van der Waals surface area contributed by atoms with Crippen LogP contribution < -0.4 is 5.32 Å². The van der Waals surface area contributed by atoms with Gasteiger partial charge in [0.15, 0.2) is 0 Å². The van der Waals surface area contributed by atoms with E-state index in [1.54, 1.807) is 20.7 Å². The highest BCUT2D eigenvalue weighted by atomic mass is 16.2. The standard InChI is InChI=1S/C26H29N5O3/c1-19-8-6-7-11-22(19)25-23(18-31(28-25)21-9-4-3-5-10-21)26(34)27-13-12-24(33)30-16-14-29(15-17-30)20(2)32/h3-11,18H,12-17H2,1-2H3,(H,27,34). The Labute approximate surface area is 199 Å². The van der Waals surface area contributed by atoms with Gasteiger partial charge in [-0.1, -0.05) is 42.5 Å². The third-order valence-electron chi connectivity index (χ3n) is 6.08. The molecule has 34 heavy (non-hydrogen) atoms. The minimum absolute atomic E-state index is 0.0254. The number of benzene rings is 2. The second-order valence-electron chi connectivity index (χ2n) is 8.38. The van der Waals surface area contributed by atoms with Crippen LogP contribution in [0.2, 0.25) is 0 Å². The molecular formula is C26H29N5O3. The van der Waals surface area contributed by atoms with Crippen molar-refractivity contribution in [1.29, 1.82) is 0 Å². The topological polar surface area (TPSA) is 87.5 Å². The van der Waals surface area contributed by atoms with Crippen LogP contribution in [-0.4, -0.2) is 70.0 Å². The van der Waals surface area contributed by atoms with E-state index in [1.165, 1.54) is 6.92 Å². The van der Waals surface area contributed by atoms with E-state index in [4.69, 9.17) is 5.10 Å². The molecule has 0 unspecified atom stereocenters. The van der Waals surface area contributed by atoms with Crippen LogP contribution in [0.5, 0.6) is 0 Å². The quantitative estimate of drug-likeness (QED) is 0.614. The third kappa shape index (κ3) is 5.17. The van der Waals surface area contributed by atoms with Crippen molar-refractivity contribution in [2.45, 2.75) is 20.3 Å². The molecule has 3 aromatic rings. The molecule has 1 aliphatic heterocycles. The summed E-state index contributed by atoms with van der Waals surface area (Å²) in [6.07, 6.45) is 1.94. The first-order valence-electron chi connectivity index (χ1n) is 11.5. The molecular weight excluding hydrogens is 430 g/mol. The van der Waals surface area contributed by atoms with Gasteiger partial charge in [0.1, 0.15) is 5.69 Å². The van der Waals surface area contributed by atoms with Crippen molar-refractivity contribution in [2.75, 3.05) is 32.7 Å². The molecule has 2 aromatic carbocycles. The summed E-state index contributed by atoms with van der Waals surface area (Å²) >= 11 is 0. The Bertz CT molecular complexity index is 1180. The Morgan fingerprint density at radius 1 is 0.912 bits per heavy atom. The molecule has 8 nitrogen and oxygen atoms in total. The smallest absolute Gasteiger partial charge is 0.255 e. The van der Waals surface area contributed by atoms with E-state index in [1.807, 2.05) is 61.5 Å². The van der Waals surface area contributed by atoms with Crippen LogP contribution in [0.4, 0.5) is 0 Å². The van der Waals surface area contributed by atoms with Crippen molar-refractivity contribution in [3.8, 4) is 16.9 Å². The zero-order valence-electron chi connectivity index (χ0n) is 19.5. The zero-order valence-corrected chi connectivity index (χ0v) is 19.5. The number of piperazine rings is 1. The van der Waals surface area contributed by atoms with E-state index in [0.29, 0.717) is 37.4 Å². The fourth-order valence-electron chi connectivity index (χ4n) is 4.10. The number of hydrogen-bond acceptors (Lipinski definition) is 4. The van der Waals surface area contributed by atoms with Gasteiger partial charge in [-0.05, 0) is 24.6 Å². The minimum atomic E-state index is -0.269. The molecule has 4 rings (SSSR count). The lowest BCUT2D eigenvalue weighted by Gasteiger charge is -2.34. The van der Waals surface area contributed by atoms with E-state index >= 15 is 0 Å². The summed E-state index contributed by atoms with van der Waals surface area (Å²) in [5, 5.41) is 7.61. The van der Waals surface area contributed by atoms with Gasteiger partial charge >= 0.3 is 0 Å². The average Bonchev–Trinajstić information content (AvgIpc) is 3.30. The number of amides is 3. The minimum Gasteiger partial charge on any atom is -0.351 e. The van der Waals surface area contributed by atoms with Crippen molar-refractivity contribution in [3.05, 3.63) is 71.9 Å². The first-order valence-corrected chi connectivity index (χ1v) is 11.5. The largest absolute Gasteiger partial charge is 0.351 e. The van der Waals surface area contributed by atoms with Gasteiger partial charge in [0.25, 0.3) is 5.91 Å². The van der Waals surface area contributed by atoms with Gasteiger partial charge in [-0.25, -0.2) is 4.68 Å². The Kier molecular flexibility index (Phi) is 7.06. The molecule has 1 aliphatic rings. The van der Waals surface area contributed by atoms with Gasteiger partial charge in [-0.2, -0.15) is 5.10 Å². The maximum atomic E-state index is 13.1. The number of rotatable bonds is 6. The highest BCUT2D eigenvalue weighted by Crippen LogP contribution is 2.26. The second kappa shape index (κ2) is 10.3. The number of hydrogen-bond donors (Lipinski definition) is 1. The molecule has 2 heterocycles. The molecule has 0 bridgehead atoms. The number of aryl methyl sites for hydroxylation is 1. The molecule has 176 valence electrons. The SMILES string of the molecule is CC(=O)N1CCN(C(=O)CCNC(=O)c2cn(-c3ccccc3)nc2-c2ccccc2C)CC1. The number of nitrogens with one attached hydrogen (secondary N) is 1. The Balaban J connectivity index is 1.45. The lowest BCUT2D eigenvalue weighted by atomic mass is 10.0. The summed E-state index contributed by atoms with van der Waals surface area (Å²) in [7, 11) is 0. The Morgan fingerprint density at radius 2 is 1.56 bits per heavy atom. The molecule has 8 heteroatoms. The summed E-state index contributed by atoms with van der Waals surface area (Å²) in [4.78, 5) is 40.7. The normalized spacial score (nSPS) is 13.6. The molecule has 3 amide bonds. The predicted octanol–water partition coefficient (Wildman–Crippen LogP) is 2.66. The fourth-order valence-corrected chi connectivity index (χ4v) is 4.10. The van der Waals surface area contributed by atoms with Crippen molar-refractivity contribution in [2.24, 2.45) is 0 Å². The molecule has 1 aromatic heterocycles. The van der Waals surface area contributed by atoms with E-state index in [2.05, 4.69) is 5.32 Å². The molecule has 0 spiro atoms. The summed E-state index contributed by atoms with van der Waals surface area (Å²) in [5.74, 6) is -0.267. The third-order valence-corrected chi connectivity index (χ3v) is 6.08. The summed E-state index contributed by atoms with van der Waals surface area (Å²) in [6.45, 7) is 5.90.